The summed E-state index contributed by atoms with van der Waals surface area (Å²) in [5.74, 6) is -1.60. The third-order valence-electron chi connectivity index (χ3n) is 6.61. The van der Waals surface area contributed by atoms with Crippen molar-refractivity contribution in [3.63, 3.8) is 0 Å². The lowest BCUT2D eigenvalue weighted by Gasteiger charge is -2.41. The number of carboxylic acid groups (broad SMARTS) is 1. The predicted molar refractivity (Wildman–Crippen MR) is 145 cm³/mol. The van der Waals surface area contributed by atoms with Crippen molar-refractivity contribution in [3.8, 4) is 0 Å². The van der Waals surface area contributed by atoms with Gasteiger partial charge in [0.15, 0.2) is 0 Å². The molecule has 3 aromatic carbocycles. The molecule has 1 aliphatic rings. The molecule has 1 atom stereocenters. The van der Waals surface area contributed by atoms with Crippen LogP contribution in [0.15, 0.2) is 78.9 Å². The number of amides is 2. The van der Waals surface area contributed by atoms with Crippen molar-refractivity contribution < 1.29 is 24.2 Å². The van der Waals surface area contributed by atoms with Crippen LogP contribution in [0, 0.1) is 0 Å². The number of likely N-dealkylation sites (tertiary alicyclic amines) is 1. The fourth-order valence-electron chi connectivity index (χ4n) is 4.64. The van der Waals surface area contributed by atoms with Gasteiger partial charge in [-0.15, -0.1) is 0 Å². The van der Waals surface area contributed by atoms with Crippen molar-refractivity contribution in [1.82, 2.24) is 9.80 Å². The van der Waals surface area contributed by atoms with Crippen molar-refractivity contribution >= 4 is 41.2 Å². The first kappa shape index (κ1) is 27.5. The van der Waals surface area contributed by atoms with Gasteiger partial charge >= 0.3 is 12.1 Å². The topological polar surface area (TPSA) is 87.2 Å². The van der Waals surface area contributed by atoms with E-state index in [-0.39, 0.29) is 23.6 Å². The Morgan fingerprint density at radius 2 is 1.53 bits per heavy atom. The zero-order chi connectivity index (χ0) is 27.1. The highest BCUT2D eigenvalue weighted by atomic mass is 35.5. The molecule has 9 heteroatoms. The zero-order valence-electron chi connectivity index (χ0n) is 20.6. The maximum atomic E-state index is 13.8. The third-order valence-corrected chi connectivity index (χ3v) is 7.16. The highest BCUT2D eigenvalue weighted by molar-refractivity contribution is 6.36. The maximum Gasteiger partial charge on any atom is 0.410 e. The summed E-state index contributed by atoms with van der Waals surface area (Å²) in [6, 6.07) is 21.6. The van der Waals surface area contributed by atoms with Crippen molar-refractivity contribution in [3.05, 3.63) is 106 Å². The number of carboxylic acids is 1. The number of piperidine rings is 1. The second-order valence-electron chi connectivity index (χ2n) is 9.14. The van der Waals surface area contributed by atoms with Crippen LogP contribution in [0.4, 0.5) is 4.79 Å². The Hall–Kier alpha value is -3.55. The molecule has 0 saturated carbocycles. The molecule has 0 radical (unpaired) electrons. The Bertz CT molecular complexity index is 1260. The standard InChI is InChI=1S/C29H28Cl2N2O5/c30-22-11-12-24(25(31)18-22)27(34)33(26(28(35)36)17-20-7-3-1-4-8-20)23-13-15-32(16-14-23)29(37)38-19-21-9-5-2-6-10-21/h1-12,18,23,26H,13-17,19H2,(H,35,36). The Balaban J connectivity index is 1.53. The Morgan fingerprint density at radius 3 is 2.11 bits per heavy atom. The Kier molecular flexibility index (Phi) is 9.26. The van der Waals surface area contributed by atoms with E-state index in [1.165, 1.54) is 17.0 Å². The van der Waals surface area contributed by atoms with Gasteiger partial charge in [0.05, 0.1) is 10.6 Å². The van der Waals surface area contributed by atoms with Gasteiger partial charge in [0.2, 0.25) is 0 Å². The number of benzene rings is 3. The number of aliphatic carboxylic acids is 1. The number of hydrogen-bond acceptors (Lipinski definition) is 4. The van der Waals surface area contributed by atoms with Gasteiger partial charge in [-0.25, -0.2) is 9.59 Å². The Labute approximate surface area is 231 Å². The Morgan fingerprint density at radius 1 is 0.921 bits per heavy atom. The molecular formula is C29H28Cl2N2O5. The minimum absolute atomic E-state index is 0.131. The van der Waals surface area contributed by atoms with Gasteiger partial charge in [-0.05, 0) is 42.2 Å². The van der Waals surface area contributed by atoms with E-state index in [2.05, 4.69) is 0 Å². The number of carbonyl (C=O) groups excluding carboxylic acids is 2. The van der Waals surface area contributed by atoms with Crippen LogP contribution >= 0.6 is 23.2 Å². The summed E-state index contributed by atoms with van der Waals surface area (Å²) in [5.41, 5.74) is 1.86. The fourth-order valence-corrected chi connectivity index (χ4v) is 5.13. The number of rotatable bonds is 8. The van der Waals surface area contributed by atoms with Crippen LogP contribution in [0.5, 0.6) is 0 Å². The molecule has 0 aromatic heterocycles. The number of halogens is 2. The number of hydrogen-bond donors (Lipinski definition) is 1. The van der Waals surface area contributed by atoms with E-state index in [0.29, 0.717) is 31.0 Å². The van der Waals surface area contributed by atoms with Gasteiger partial charge in [-0.1, -0.05) is 83.9 Å². The SMILES string of the molecule is O=C(O)C(Cc1ccccc1)N(C(=O)c1ccc(Cl)cc1Cl)C1CCN(C(=O)OCc2ccccc2)CC1. The van der Waals surface area contributed by atoms with Crippen LogP contribution in [0.3, 0.4) is 0 Å². The predicted octanol–water partition coefficient (Wildman–Crippen LogP) is 5.93. The first-order valence-corrected chi connectivity index (χ1v) is 13.1. The molecule has 0 bridgehead atoms. The van der Waals surface area contributed by atoms with Crippen LogP contribution in [0.25, 0.3) is 0 Å². The molecule has 3 aromatic rings. The van der Waals surface area contributed by atoms with E-state index in [1.54, 1.807) is 11.0 Å². The average Bonchev–Trinajstić information content (AvgIpc) is 2.92. The van der Waals surface area contributed by atoms with Crippen molar-refractivity contribution in [2.24, 2.45) is 0 Å². The van der Waals surface area contributed by atoms with E-state index >= 15 is 0 Å². The van der Waals surface area contributed by atoms with E-state index in [0.717, 1.165) is 11.1 Å². The van der Waals surface area contributed by atoms with Gasteiger partial charge in [-0.3, -0.25) is 4.79 Å². The summed E-state index contributed by atoms with van der Waals surface area (Å²) >= 11 is 12.4. The first-order chi connectivity index (χ1) is 18.3. The van der Waals surface area contributed by atoms with E-state index in [1.807, 2.05) is 60.7 Å². The van der Waals surface area contributed by atoms with Crippen molar-refractivity contribution in [2.75, 3.05) is 13.1 Å². The van der Waals surface area contributed by atoms with Gasteiger partial charge in [0.1, 0.15) is 12.6 Å². The highest BCUT2D eigenvalue weighted by Gasteiger charge is 2.38. The molecule has 0 spiro atoms. The maximum absolute atomic E-state index is 13.8. The molecule has 38 heavy (non-hydrogen) atoms. The van der Waals surface area contributed by atoms with Crippen molar-refractivity contribution in [2.45, 2.75) is 38.0 Å². The molecule has 1 saturated heterocycles. The second kappa shape index (κ2) is 12.8. The first-order valence-electron chi connectivity index (χ1n) is 12.3. The molecule has 7 nitrogen and oxygen atoms in total. The molecule has 1 unspecified atom stereocenters. The van der Waals surface area contributed by atoms with Crippen LogP contribution < -0.4 is 0 Å². The largest absolute Gasteiger partial charge is 0.480 e. The van der Waals surface area contributed by atoms with Gasteiger partial charge in [0, 0.05) is 30.6 Å². The minimum atomic E-state index is -1.13. The normalized spacial score (nSPS) is 14.5. The molecule has 4 rings (SSSR count). The van der Waals surface area contributed by atoms with Crippen LogP contribution in [0.1, 0.15) is 34.3 Å². The quantitative estimate of drug-likeness (QED) is 0.372. The highest BCUT2D eigenvalue weighted by Crippen LogP contribution is 2.28. The fraction of sp³-hybridized carbons (Fsp3) is 0.276. The van der Waals surface area contributed by atoms with Gasteiger partial charge in [-0.2, -0.15) is 0 Å². The lowest BCUT2D eigenvalue weighted by molar-refractivity contribution is -0.143. The van der Waals surface area contributed by atoms with Crippen LogP contribution in [0.2, 0.25) is 10.0 Å². The van der Waals surface area contributed by atoms with Gasteiger partial charge in [0.25, 0.3) is 5.91 Å². The molecule has 0 aliphatic carbocycles. The summed E-state index contributed by atoms with van der Waals surface area (Å²) in [6.45, 7) is 0.819. The summed E-state index contributed by atoms with van der Waals surface area (Å²) < 4.78 is 5.45. The second-order valence-corrected chi connectivity index (χ2v) is 9.98. The molecule has 1 fully saturated rings. The lowest BCUT2D eigenvalue weighted by atomic mass is 9.96. The molecule has 1 heterocycles. The minimum Gasteiger partial charge on any atom is -0.480 e. The average molecular weight is 555 g/mol. The van der Waals surface area contributed by atoms with E-state index in [4.69, 9.17) is 27.9 Å². The summed E-state index contributed by atoms with van der Waals surface area (Å²) in [5, 5.41) is 10.8. The molecule has 1 aliphatic heterocycles. The third kappa shape index (κ3) is 6.85. The monoisotopic (exact) mass is 554 g/mol. The molecular weight excluding hydrogens is 527 g/mol. The van der Waals surface area contributed by atoms with Crippen molar-refractivity contribution in [1.29, 1.82) is 0 Å². The smallest absolute Gasteiger partial charge is 0.410 e. The van der Waals surface area contributed by atoms with Gasteiger partial charge < -0.3 is 19.6 Å². The number of ether oxygens (including phenoxy) is 1. The number of carbonyl (C=O) groups is 3. The summed E-state index contributed by atoms with van der Waals surface area (Å²) in [6.07, 6.45) is 0.489. The number of nitrogens with zero attached hydrogens (tertiary/aromatic N) is 2. The van der Waals surface area contributed by atoms with E-state index in [9.17, 15) is 19.5 Å². The van der Waals surface area contributed by atoms with Crippen LogP contribution in [-0.4, -0.2) is 58.0 Å². The summed E-state index contributed by atoms with van der Waals surface area (Å²) in [7, 11) is 0. The van der Waals surface area contributed by atoms with E-state index < -0.39 is 30.1 Å². The molecule has 2 amide bonds. The molecule has 1 N–H and O–H groups in total. The molecule has 198 valence electrons. The zero-order valence-corrected chi connectivity index (χ0v) is 22.1. The summed E-state index contributed by atoms with van der Waals surface area (Å²) in [4.78, 5) is 42.0. The van der Waals surface area contributed by atoms with Crippen LogP contribution in [-0.2, 0) is 22.6 Å². The lowest BCUT2D eigenvalue weighted by Crippen LogP contribution is -2.55.